The van der Waals surface area contributed by atoms with E-state index >= 15 is 0 Å². The Kier molecular flexibility index (Phi) is 4.93. The van der Waals surface area contributed by atoms with Gasteiger partial charge in [0.05, 0.1) is 0 Å². The molecule has 0 spiro atoms. The molecule has 0 aliphatic heterocycles. The molecule has 0 radical (unpaired) electrons. The first-order chi connectivity index (χ1) is 12.5. The minimum absolute atomic E-state index is 0.0435. The number of rotatable bonds is 5. The Morgan fingerprint density at radius 2 is 1.92 bits per heavy atom. The number of carboxylic acids is 1. The Balaban J connectivity index is 1.91. The van der Waals surface area contributed by atoms with Crippen molar-refractivity contribution in [1.82, 2.24) is 4.90 Å². The van der Waals surface area contributed by atoms with Crippen LogP contribution >= 0.6 is 0 Å². The number of likely N-dealkylation sites (N-methyl/N-ethyl adjacent to an activating group) is 1. The van der Waals surface area contributed by atoms with Gasteiger partial charge in [0.1, 0.15) is 12.4 Å². The van der Waals surface area contributed by atoms with Crippen LogP contribution in [0.3, 0.4) is 0 Å². The highest BCUT2D eigenvalue weighted by Gasteiger charge is 2.53. The van der Waals surface area contributed by atoms with Crippen LogP contribution < -0.4 is 0 Å². The quantitative estimate of drug-likeness (QED) is 0.886. The molecule has 26 heavy (non-hydrogen) atoms. The molecule has 6 heteroatoms. The van der Waals surface area contributed by atoms with Crippen molar-refractivity contribution < 1.29 is 23.8 Å². The fourth-order valence-corrected chi connectivity index (χ4v) is 3.61. The van der Waals surface area contributed by atoms with Crippen molar-refractivity contribution in [2.75, 3.05) is 6.54 Å². The lowest BCUT2D eigenvalue weighted by Crippen LogP contribution is -2.53. The molecule has 1 N–H and O–H groups in total. The predicted molar refractivity (Wildman–Crippen MR) is 93.0 cm³/mol. The minimum atomic E-state index is -1.61. The number of ether oxygens (including phenoxy) is 1. The smallest absolute Gasteiger partial charge is 0.411 e. The third-order valence-electron chi connectivity index (χ3n) is 4.86. The van der Waals surface area contributed by atoms with Crippen molar-refractivity contribution in [2.45, 2.75) is 31.9 Å². The van der Waals surface area contributed by atoms with Crippen molar-refractivity contribution in [2.24, 2.45) is 0 Å². The highest BCUT2D eigenvalue weighted by molar-refractivity contribution is 5.87. The van der Waals surface area contributed by atoms with Gasteiger partial charge >= 0.3 is 12.1 Å². The van der Waals surface area contributed by atoms with Crippen molar-refractivity contribution in [3.05, 3.63) is 71.0 Å². The molecule has 0 heterocycles. The van der Waals surface area contributed by atoms with E-state index in [2.05, 4.69) is 0 Å². The summed E-state index contributed by atoms with van der Waals surface area (Å²) in [7, 11) is 0. The van der Waals surface area contributed by atoms with E-state index < -0.39 is 23.4 Å². The summed E-state index contributed by atoms with van der Waals surface area (Å²) in [6, 6.07) is 13.5. The Morgan fingerprint density at radius 1 is 1.19 bits per heavy atom. The molecule has 0 saturated carbocycles. The van der Waals surface area contributed by atoms with Gasteiger partial charge in [-0.15, -0.1) is 0 Å². The molecule has 2 aromatic carbocycles. The van der Waals surface area contributed by atoms with Crippen molar-refractivity contribution >= 4 is 12.1 Å². The summed E-state index contributed by atoms with van der Waals surface area (Å²) >= 11 is 0. The number of nitrogens with zero attached hydrogens (tertiary/aromatic N) is 1. The number of aliphatic carboxylic acids is 1. The Morgan fingerprint density at radius 3 is 2.58 bits per heavy atom. The molecule has 0 fully saturated rings. The molecule has 1 atom stereocenters. The monoisotopic (exact) mass is 357 g/mol. The maximum absolute atomic E-state index is 14.1. The molecule has 5 nitrogen and oxygen atoms in total. The van der Waals surface area contributed by atoms with Gasteiger partial charge in [-0.1, -0.05) is 42.5 Å². The van der Waals surface area contributed by atoms with E-state index in [0.29, 0.717) is 11.1 Å². The van der Waals surface area contributed by atoms with E-state index in [0.717, 1.165) is 5.56 Å². The molecule has 1 amide bonds. The molecule has 2 aromatic rings. The zero-order valence-electron chi connectivity index (χ0n) is 14.4. The lowest BCUT2D eigenvalue weighted by Gasteiger charge is -2.37. The molecular weight excluding hydrogens is 337 g/mol. The van der Waals surface area contributed by atoms with Crippen LogP contribution in [0, 0.1) is 5.82 Å². The Labute approximate surface area is 151 Å². The average Bonchev–Trinajstić information content (AvgIpc) is 3.04. The van der Waals surface area contributed by atoms with Crippen LogP contribution in [0.5, 0.6) is 0 Å². The van der Waals surface area contributed by atoms with Crippen LogP contribution in [0.15, 0.2) is 48.5 Å². The Bertz CT molecular complexity index is 824. The summed E-state index contributed by atoms with van der Waals surface area (Å²) in [6.45, 7) is 1.86. The standard InChI is InChI=1S/C20H20FNO4/c1-2-22(19(25)26-13-14-7-4-3-5-8-14)20(18(23)24)12-11-15-16(20)9-6-10-17(15)21/h3-10H,2,11-13H2,1H3,(H,23,24). The molecular formula is C20H20FNO4. The second kappa shape index (κ2) is 7.15. The summed E-state index contributed by atoms with van der Waals surface area (Å²) in [5.41, 5.74) is -0.133. The topological polar surface area (TPSA) is 66.8 Å². The van der Waals surface area contributed by atoms with Gasteiger partial charge in [-0.25, -0.2) is 14.0 Å². The highest BCUT2D eigenvalue weighted by Crippen LogP contribution is 2.43. The molecule has 136 valence electrons. The third-order valence-corrected chi connectivity index (χ3v) is 4.86. The van der Waals surface area contributed by atoms with Crippen LogP contribution in [0.2, 0.25) is 0 Å². The fraction of sp³-hybridized carbons (Fsp3) is 0.300. The predicted octanol–water partition coefficient (Wildman–Crippen LogP) is 3.71. The van der Waals surface area contributed by atoms with Crippen LogP contribution in [0.4, 0.5) is 9.18 Å². The molecule has 1 aliphatic carbocycles. The summed E-state index contributed by atoms with van der Waals surface area (Å²) in [4.78, 5) is 26.1. The number of benzene rings is 2. The second-order valence-electron chi connectivity index (χ2n) is 6.22. The van der Waals surface area contributed by atoms with Gasteiger partial charge in [0.25, 0.3) is 0 Å². The number of hydrogen-bond donors (Lipinski definition) is 1. The number of hydrogen-bond acceptors (Lipinski definition) is 3. The summed E-state index contributed by atoms with van der Waals surface area (Å²) in [5, 5.41) is 9.97. The van der Waals surface area contributed by atoms with Crippen LogP contribution in [0.25, 0.3) is 0 Å². The number of carbonyl (C=O) groups is 2. The van der Waals surface area contributed by atoms with Gasteiger partial charge in [-0.2, -0.15) is 0 Å². The third kappa shape index (κ3) is 2.92. The lowest BCUT2D eigenvalue weighted by atomic mass is 9.90. The van der Waals surface area contributed by atoms with Crippen molar-refractivity contribution in [3.8, 4) is 0 Å². The van der Waals surface area contributed by atoms with Crippen LogP contribution in [0.1, 0.15) is 30.0 Å². The van der Waals surface area contributed by atoms with Gasteiger partial charge in [0.15, 0.2) is 5.54 Å². The van der Waals surface area contributed by atoms with Gasteiger partial charge in [0, 0.05) is 6.54 Å². The van der Waals surface area contributed by atoms with Crippen molar-refractivity contribution in [3.63, 3.8) is 0 Å². The zero-order valence-corrected chi connectivity index (χ0v) is 14.4. The maximum Gasteiger partial charge on any atom is 0.411 e. The highest BCUT2D eigenvalue weighted by atomic mass is 19.1. The average molecular weight is 357 g/mol. The lowest BCUT2D eigenvalue weighted by molar-refractivity contribution is -0.151. The fourth-order valence-electron chi connectivity index (χ4n) is 3.61. The van der Waals surface area contributed by atoms with Gasteiger partial charge in [-0.05, 0) is 42.5 Å². The summed E-state index contributed by atoms with van der Waals surface area (Å²) in [5.74, 6) is -1.63. The molecule has 0 saturated heterocycles. The number of carboxylic acid groups (broad SMARTS) is 1. The number of carbonyl (C=O) groups excluding carboxylic acids is 1. The number of amides is 1. The first-order valence-electron chi connectivity index (χ1n) is 8.50. The number of halogens is 1. The summed E-state index contributed by atoms with van der Waals surface area (Å²) < 4.78 is 19.5. The molecule has 0 bridgehead atoms. The van der Waals surface area contributed by atoms with E-state index in [1.54, 1.807) is 13.0 Å². The zero-order chi connectivity index (χ0) is 18.7. The minimum Gasteiger partial charge on any atom is -0.479 e. The first kappa shape index (κ1) is 17.9. The van der Waals surface area contributed by atoms with Gasteiger partial charge < -0.3 is 9.84 Å². The largest absolute Gasteiger partial charge is 0.479 e. The Hall–Kier alpha value is -2.89. The normalized spacial score (nSPS) is 18.2. The number of fused-ring (bicyclic) bond motifs is 1. The first-order valence-corrected chi connectivity index (χ1v) is 8.50. The summed E-state index contributed by atoms with van der Waals surface area (Å²) in [6.07, 6.45) is -0.347. The van der Waals surface area contributed by atoms with E-state index in [-0.39, 0.29) is 26.0 Å². The van der Waals surface area contributed by atoms with Crippen molar-refractivity contribution in [1.29, 1.82) is 0 Å². The molecule has 0 aromatic heterocycles. The second-order valence-corrected chi connectivity index (χ2v) is 6.22. The van der Waals surface area contributed by atoms with Crippen LogP contribution in [-0.4, -0.2) is 28.6 Å². The van der Waals surface area contributed by atoms with Gasteiger partial charge in [0.2, 0.25) is 0 Å². The maximum atomic E-state index is 14.1. The van der Waals surface area contributed by atoms with Crippen LogP contribution in [-0.2, 0) is 28.1 Å². The molecule has 3 rings (SSSR count). The van der Waals surface area contributed by atoms with E-state index in [1.165, 1.54) is 17.0 Å². The molecule has 1 unspecified atom stereocenters. The van der Waals surface area contributed by atoms with E-state index in [1.807, 2.05) is 30.3 Å². The molecule has 1 aliphatic rings. The SMILES string of the molecule is CCN(C(=O)OCc1ccccc1)C1(C(=O)O)CCc2c(F)cccc21. The van der Waals surface area contributed by atoms with E-state index in [4.69, 9.17) is 4.74 Å². The van der Waals surface area contributed by atoms with Gasteiger partial charge in [-0.3, -0.25) is 4.90 Å². The van der Waals surface area contributed by atoms with E-state index in [9.17, 15) is 19.1 Å².